The van der Waals surface area contributed by atoms with Crippen LogP contribution in [-0.2, 0) is 6.54 Å². The van der Waals surface area contributed by atoms with Crippen LogP contribution in [0.2, 0.25) is 5.02 Å². The smallest absolute Gasteiger partial charge is 0.272 e. The Balaban J connectivity index is 1.70. The molecule has 3 nitrogen and oxygen atoms in total. The molecule has 0 aliphatic carbocycles. The van der Waals surface area contributed by atoms with Gasteiger partial charge >= 0.3 is 0 Å². The van der Waals surface area contributed by atoms with Gasteiger partial charge in [-0.1, -0.05) is 23.7 Å². The number of fused-ring (bicyclic) bond motifs is 1. The van der Waals surface area contributed by atoms with Gasteiger partial charge in [-0.05, 0) is 47.3 Å². The first-order valence-electron chi connectivity index (χ1n) is 8.09. The van der Waals surface area contributed by atoms with Crippen molar-refractivity contribution in [3.63, 3.8) is 0 Å². The molecule has 0 radical (unpaired) electrons. The summed E-state index contributed by atoms with van der Waals surface area (Å²) in [6.45, 7) is 0.450. The van der Waals surface area contributed by atoms with E-state index in [1.165, 1.54) is 11.3 Å². The summed E-state index contributed by atoms with van der Waals surface area (Å²) in [4.78, 5) is 12.8. The predicted molar refractivity (Wildman–Crippen MR) is 105 cm³/mol. The van der Waals surface area contributed by atoms with Gasteiger partial charge in [0.1, 0.15) is 17.3 Å². The fraction of sp³-hybridized carbons (Fsp3) is 0.0500. The van der Waals surface area contributed by atoms with E-state index in [9.17, 15) is 13.6 Å². The van der Waals surface area contributed by atoms with Crippen molar-refractivity contribution in [2.24, 2.45) is 0 Å². The van der Waals surface area contributed by atoms with Gasteiger partial charge < -0.3 is 9.88 Å². The van der Waals surface area contributed by atoms with Crippen LogP contribution in [0.4, 0.5) is 14.5 Å². The molecule has 0 bridgehead atoms. The highest BCUT2D eigenvalue weighted by atomic mass is 35.5. The number of nitrogens with one attached hydrogen (secondary N) is 1. The molecule has 0 saturated carbocycles. The van der Waals surface area contributed by atoms with Crippen molar-refractivity contribution < 1.29 is 13.6 Å². The quantitative estimate of drug-likeness (QED) is 0.450. The number of thiophene rings is 1. The minimum atomic E-state index is -0.692. The Bertz CT molecular complexity index is 1130. The number of rotatable bonds is 4. The van der Waals surface area contributed by atoms with Crippen LogP contribution in [0.3, 0.4) is 0 Å². The Morgan fingerprint density at radius 3 is 2.63 bits per heavy atom. The van der Waals surface area contributed by atoms with E-state index in [4.69, 9.17) is 11.6 Å². The van der Waals surface area contributed by atoms with E-state index < -0.39 is 17.5 Å². The highest BCUT2D eigenvalue weighted by Crippen LogP contribution is 2.27. The number of carbonyl (C=O) groups is 1. The van der Waals surface area contributed by atoms with Gasteiger partial charge in [0.2, 0.25) is 0 Å². The summed E-state index contributed by atoms with van der Waals surface area (Å²) in [6, 6.07) is 14.0. The van der Waals surface area contributed by atoms with Crippen LogP contribution in [0.5, 0.6) is 0 Å². The number of hydrogen-bond donors (Lipinski definition) is 1. The second-order valence-electron chi connectivity index (χ2n) is 5.99. The standard InChI is InChI=1S/C20H13ClF2N2OS/c21-13-3-1-12(2-4-13)11-25-17-7-8-27-19(17)10-18(25)20(26)24-16-9-14(22)5-6-15(16)23/h1-10H,11H2,(H,24,26). The first kappa shape index (κ1) is 17.7. The minimum Gasteiger partial charge on any atom is -0.331 e. The Labute approximate surface area is 162 Å². The number of aromatic nitrogens is 1. The molecule has 0 saturated heterocycles. The van der Waals surface area contributed by atoms with Crippen LogP contribution in [0.1, 0.15) is 16.1 Å². The SMILES string of the molecule is O=C(Nc1cc(F)ccc1F)c1cc2sccc2n1Cc1ccc(Cl)cc1. The van der Waals surface area contributed by atoms with Gasteiger partial charge in [0.05, 0.1) is 15.9 Å². The van der Waals surface area contributed by atoms with Gasteiger partial charge in [-0.15, -0.1) is 11.3 Å². The molecule has 0 fully saturated rings. The molecular formula is C20H13ClF2N2OS. The van der Waals surface area contributed by atoms with Crippen molar-refractivity contribution in [2.75, 3.05) is 5.32 Å². The van der Waals surface area contributed by atoms with Crippen LogP contribution in [0, 0.1) is 11.6 Å². The summed E-state index contributed by atoms with van der Waals surface area (Å²) in [6.07, 6.45) is 0. The van der Waals surface area contributed by atoms with Gasteiger partial charge in [0.15, 0.2) is 0 Å². The zero-order valence-electron chi connectivity index (χ0n) is 13.9. The molecule has 4 aromatic rings. The Morgan fingerprint density at radius 2 is 1.85 bits per heavy atom. The maximum atomic E-state index is 13.9. The van der Waals surface area contributed by atoms with Gasteiger partial charge in [0, 0.05) is 17.6 Å². The van der Waals surface area contributed by atoms with Gasteiger partial charge in [-0.3, -0.25) is 4.79 Å². The topological polar surface area (TPSA) is 34.0 Å². The largest absolute Gasteiger partial charge is 0.331 e. The normalized spacial score (nSPS) is 11.1. The molecule has 4 rings (SSSR count). The lowest BCUT2D eigenvalue weighted by Crippen LogP contribution is -2.18. The predicted octanol–water partition coefficient (Wildman–Crippen LogP) is 5.94. The van der Waals surface area contributed by atoms with Gasteiger partial charge in [-0.2, -0.15) is 0 Å². The molecule has 2 aromatic carbocycles. The van der Waals surface area contributed by atoms with Crippen LogP contribution in [0.15, 0.2) is 60.0 Å². The third-order valence-electron chi connectivity index (χ3n) is 4.19. The number of anilines is 1. The minimum absolute atomic E-state index is 0.192. The van der Waals surface area contributed by atoms with Crippen molar-refractivity contribution in [3.8, 4) is 0 Å². The number of amides is 1. The number of carbonyl (C=O) groups excluding carboxylic acids is 1. The van der Waals surface area contributed by atoms with Crippen molar-refractivity contribution >= 4 is 44.7 Å². The third-order valence-corrected chi connectivity index (χ3v) is 5.29. The molecule has 0 atom stereocenters. The maximum Gasteiger partial charge on any atom is 0.272 e. The lowest BCUT2D eigenvalue weighted by molar-refractivity contribution is 0.101. The highest BCUT2D eigenvalue weighted by Gasteiger charge is 2.18. The second-order valence-corrected chi connectivity index (χ2v) is 7.37. The summed E-state index contributed by atoms with van der Waals surface area (Å²) >= 11 is 7.44. The van der Waals surface area contributed by atoms with Crippen LogP contribution in [0.25, 0.3) is 10.2 Å². The lowest BCUT2D eigenvalue weighted by Gasteiger charge is -2.12. The molecule has 1 N–H and O–H groups in total. The average Bonchev–Trinajstić information content (AvgIpc) is 3.22. The molecular weight excluding hydrogens is 390 g/mol. The third kappa shape index (κ3) is 3.59. The molecule has 1 amide bonds. The number of nitrogens with zero attached hydrogens (tertiary/aromatic N) is 1. The molecule has 7 heteroatoms. The van der Waals surface area contributed by atoms with E-state index in [0.29, 0.717) is 17.3 Å². The summed E-state index contributed by atoms with van der Waals surface area (Å²) in [5.74, 6) is -1.82. The molecule has 0 aliphatic rings. The van der Waals surface area contributed by atoms with Crippen LogP contribution >= 0.6 is 22.9 Å². The summed E-state index contributed by atoms with van der Waals surface area (Å²) in [5.41, 5.74) is 2.05. The average molecular weight is 403 g/mol. The van der Waals surface area contributed by atoms with E-state index in [-0.39, 0.29) is 5.69 Å². The summed E-state index contributed by atoms with van der Waals surface area (Å²) < 4.78 is 30.0. The van der Waals surface area contributed by atoms with Crippen molar-refractivity contribution in [1.29, 1.82) is 0 Å². The van der Waals surface area contributed by atoms with E-state index in [1.54, 1.807) is 18.2 Å². The zero-order valence-corrected chi connectivity index (χ0v) is 15.5. The van der Waals surface area contributed by atoms with E-state index in [2.05, 4.69) is 5.32 Å². The molecule has 2 aromatic heterocycles. The monoisotopic (exact) mass is 402 g/mol. The Morgan fingerprint density at radius 1 is 1.07 bits per heavy atom. The lowest BCUT2D eigenvalue weighted by atomic mass is 10.2. The Hall–Kier alpha value is -2.70. The summed E-state index contributed by atoms with van der Waals surface area (Å²) in [5, 5.41) is 5.03. The molecule has 0 unspecified atom stereocenters. The number of hydrogen-bond acceptors (Lipinski definition) is 2. The summed E-state index contributed by atoms with van der Waals surface area (Å²) in [7, 11) is 0. The maximum absolute atomic E-state index is 13.9. The van der Waals surface area contributed by atoms with Crippen LogP contribution < -0.4 is 5.32 Å². The Kier molecular flexibility index (Phi) is 4.68. The molecule has 0 spiro atoms. The van der Waals surface area contributed by atoms with E-state index >= 15 is 0 Å². The van der Waals surface area contributed by atoms with Gasteiger partial charge in [-0.25, -0.2) is 8.78 Å². The van der Waals surface area contributed by atoms with Crippen molar-refractivity contribution in [3.05, 3.63) is 87.9 Å². The molecule has 0 aliphatic heterocycles. The first-order chi connectivity index (χ1) is 13.0. The van der Waals surface area contributed by atoms with Gasteiger partial charge in [0.25, 0.3) is 5.91 Å². The van der Waals surface area contributed by atoms with Crippen molar-refractivity contribution in [1.82, 2.24) is 4.57 Å². The number of halogens is 3. The molecule has 2 heterocycles. The van der Waals surface area contributed by atoms with E-state index in [1.807, 2.05) is 28.1 Å². The fourth-order valence-electron chi connectivity index (χ4n) is 2.89. The number of benzene rings is 2. The molecule has 136 valence electrons. The zero-order chi connectivity index (χ0) is 19.0. The first-order valence-corrected chi connectivity index (χ1v) is 9.34. The molecule has 27 heavy (non-hydrogen) atoms. The second kappa shape index (κ2) is 7.13. The van der Waals surface area contributed by atoms with Crippen LogP contribution in [-0.4, -0.2) is 10.5 Å². The fourth-order valence-corrected chi connectivity index (χ4v) is 3.84. The highest BCUT2D eigenvalue weighted by molar-refractivity contribution is 7.17. The van der Waals surface area contributed by atoms with Crippen molar-refractivity contribution in [2.45, 2.75) is 6.54 Å². The van der Waals surface area contributed by atoms with E-state index in [0.717, 1.165) is 34.0 Å².